The van der Waals surface area contributed by atoms with E-state index in [1.54, 1.807) is 19.1 Å². The lowest BCUT2D eigenvalue weighted by atomic mass is 9.91. The molecule has 0 aliphatic carbocycles. The van der Waals surface area contributed by atoms with E-state index in [2.05, 4.69) is 4.98 Å². The van der Waals surface area contributed by atoms with Gasteiger partial charge in [-0.15, -0.1) is 0 Å². The molecule has 0 saturated carbocycles. The molecular formula is C21H24ClNO5. The summed E-state index contributed by atoms with van der Waals surface area (Å²) in [6.07, 6.45) is -0.195. The fourth-order valence-corrected chi connectivity index (χ4v) is 3.23. The monoisotopic (exact) mass is 405 g/mol. The number of benzene rings is 1. The van der Waals surface area contributed by atoms with Crippen LogP contribution in [0, 0.1) is 5.92 Å². The van der Waals surface area contributed by atoms with Crippen LogP contribution in [-0.4, -0.2) is 35.7 Å². The summed E-state index contributed by atoms with van der Waals surface area (Å²) in [6.45, 7) is 3.78. The molecule has 0 aliphatic heterocycles. The molecule has 0 spiro atoms. The highest BCUT2D eigenvalue weighted by Crippen LogP contribution is 2.35. The molecule has 7 heteroatoms. The lowest BCUT2D eigenvalue weighted by Crippen LogP contribution is -2.24. The highest BCUT2D eigenvalue weighted by atomic mass is 35.5. The number of aliphatic hydroxyl groups is 1. The normalized spacial score (nSPS) is 12.9. The van der Waals surface area contributed by atoms with Crippen molar-refractivity contribution in [1.29, 1.82) is 0 Å². The van der Waals surface area contributed by atoms with E-state index < -0.39 is 24.0 Å². The number of halogens is 1. The van der Waals surface area contributed by atoms with Crippen LogP contribution in [0.15, 0.2) is 36.4 Å². The first-order valence-corrected chi connectivity index (χ1v) is 9.51. The highest BCUT2D eigenvalue weighted by molar-refractivity contribution is 6.30. The summed E-state index contributed by atoms with van der Waals surface area (Å²) in [6, 6.07) is 10.5. The van der Waals surface area contributed by atoms with E-state index in [1.165, 1.54) is 13.2 Å². The van der Waals surface area contributed by atoms with Crippen LogP contribution in [-0.2, 0) is 14.3 Å². The molecule has 1 N–H and O–H groups in total. The fraction of sp³-hybridized carbons (Fsp3) is 0.381. The van der Waals surface area contributed by atoms with E-state index in [4.69, 9.17) is 21.1 Å². The molecule has 28 heavy (non-hydrogen) atoms. The van der Waals surface area contributed by atoms with E-state index in [0.29, 0.717) is 24.1 Å². The van der Waals surface area contributed by atoms with Crippen LogP contribution in [0.25, 0.3) is 11.3 Å². The molecule has 150 valence electrons. The summed E-state index contributed by atoms with van der Waals surface area (Å²) in [5.41, 5.74) is 1.40. The molecule has 2 rings (SSSR count). The van der Waals surface area contributed by atoms with Gasteiger partial charge in [0.05, 0.1) is 37.0 Å². The van der Waals surface area contributed by atoms with Gasteiger partial charge in [0.25, 0.3) is 0 Å². The van der Waals surface area contributed by atoms with E-state index in [-0.39, 0.29) is 22.9 Å². The van der Waals surface area contributed by atoms with Crippen LogP contribution in [0.5, 0.6) is 0 Å². The van der Waals surface area contributed by atoms with Gasteiger partial charge in [-0.2, -0.15) is 0 Å². The van der Waals surface area contributed by atoms with Crippen molar-refractivity contribution in [3.63, 3.8) is 0 Å². The zero-order valence-corrected chi connectivity index (χ0v) is 16.9. The smallest absolute Gasteiger partial charge is 0.340 e. The molecule has 2 atom stereocenters. The number of pyridine rings is 1. The molecule has 0 bridgehead atoms. The van der Waals surface area contributed by atoms with Gasteiger partial charge < -0.3 is 14.6 Å². The molecule has 6 nitrogen and oxygen atoms in total. The van der Waals surface area contributed by atoms with Gasteiger partial charge in [0.2, 0.25) is 0 Å². The SMILES string of the molecule is CCCC(C(=O)OC)C(O)c1cc(C(=O)OCC)c(-c2ccccc2)nc1Cl. The standard InChI is InChI=1S/C21H24ClNO5/c1-4-9-14(20(25)27-3)18(24)16-12-15(21(26)28-5-2)17(23-19(16)22)13-10-7-6-8-11-13/h6-8,10-12,14,18,24H,4-5,9H2,1-3H3. The Bertz CT molecular complexity index is 825. The first-order valence-electron chi connectivity index (χ1n) is 9.13. The Balaban J connectivity index is 2.58. The number of esters is 2. The summed E-state index contributed by atoms with van der Waals surface area (Å²) in [5.74, 6) is -1.94. The summed E-state index contributed by atoms with van der Waals surface area (Å²) < 4.78 is 9.95. The van der Waals surface area contributed by atoms with Crippen LogP contribution in [0.3, 0.4) is 0 Å². The number of nitrogens with zero attached hydrogens (tertiary/aromatic N) is 1. The van der Waals surface area contributed by atoms with Crippen LogP contribution in [0.1, 0.15) is 48.7 Å². The van der Waals surface area contributed by atoms with Gasteiger partial charge in [0.15, 0.2) is 0 Å². The van der Waals surface area contributed by atoms with Crippen molar-refractivity contribution < 1.29 is 24.2 Å². The third-order valence-electron chi connectivity index (χ3n) is 4.35. The summed E-state index contributed by atoms with van der Waals surface area (Å²) in [4.78, 5) is 29.0. The predicted octanol–water partition coefficient (Wildman–Crippen LogP) is 4.20. The number of carbonyl (C=O) groups excluding carboxylic acids is 2. The number of methoxy groups -OCH3 is 1. The summed E-state index contributed by atoms with van der Waals surface area (Å²) in [7, 11) is 1.26. The number of hydrogen-bond donors (Lipinski definition) is 1. The first-order chi connectivity index (χ1) is 13.4. The van der Waals surface area contributed by atoms with Crippen LogP contribution < -0.4 is 0 Å². The minimum Gasteiger partial charge on any atom is -0.469 e. The Kier molecular flexibility index (Phi) is 7.96. The van der Waals surface area contributed by atoms with Gasteiger partial charge in [-0.05, 0) is 19.4 Å². The van der Waals surface area contributed by atoms with Crippen LogP contribution >= 0.6 is 11.6 Å². The van der Waals surface area contributed by atoms with Crippen molar-refractivity contribution in [3.05, 3.63) is 52.7 Å². The van der Waals surface area contributed by atoms with E-state index >= 15 is 0 Å². The summed E-state index contributed by atoms with van der Waals surface area (Å²) >= 11 is 6.34. The second-order valence-corrected chi connectivity index (χ2v) is 6.57. The van der Waals surface area contributed by atoms with Gasteiger partial charge in [-0.3, -0.25) is 4.79 Å². The molecule has 0 radical (unpaired) electrons. The average Bonchev–Trinajstić information content (AvgIpc) is 2.71. The topological polar surface area (TPSA) is 85.7 Å². The Morgan fingerprint density at radius 1 is 1.21 bits per heavy atom. The lowest BCUT2D eigenvalue weighted by molar-refractivity contribution is -0.150. The van der Waals surface area contributed by atoms with E-state index in [0.717, 1.165) is 0 Å². The van der Waals surface area contributed by atoms with Crippen molar-refractivity contribution in [1.82, 2.24) is 4.98 Å². The minimum atomic E-state index is -1.26. The molecule has 0 fully saturated rings. The number of hydrogen-bond acceptors (Lipinski definition) is 6. The minimum absolute atomic E-state index is 0.0180. The van der Waals surface area contributed by atoms with Crippen molar-refractivity contribution in [2.45, 2.75) is 32.8 Å². The largest absolute Gasteiger partial charge is 0.469 e. The number of aromatic nitrogens is 1. The second-order valence-electron chi connectivity index (χ2n) is 6.21. The zero-order chi connectivity index (χ0) is 20.7. The molecule has 0 amide bonds. The highest BCUT2D eigenvalue weighted by Gasteiger charge is 2.31. The Morgan fingerprint density at radius 3 is 2.46 bits per heavy atom. The van der Waals surface area contributed by atoms with Crippen molar-refractivity contribution in [3.8, 4) is 11.3 Å². The molecule has 2 unspecified atom stereocenters. The molecule has 2 aromatic rings. The number of rotatable bonds is 8. The average molecular weight is 406 g/mol. The Hall–Kier alpha value is -2.44. The Labute approximate surface area is 169 Å². The molecule has 1 aromatic heterocycles. The summed E-state index contributed by atoms with van der Waals surface area (Å²) in [5, 5.41) is 10.8. The van der Waals surface area contributed by atoms with Gasteiger partial charge in [0.1, 0.15) is 5.15 Å². The van der Waals surface area contributed by atoms with Crippen molar-refractivity contribution >= 4 is 23.5 Å². The molecule has 0 saturated heterocycles. The molecule has 1 heterocycles. The van der Waals surface area contributed by atoms with Crippen LogP contribution in [0.4, 0.5) is 0 Å². The first kappa shape index (κ1) is 21.9. The van der Waals surface area contributed by atoms with Gasteiger partial charge >= 0.3 is 11.9 Å². The maximum atomic E-state index is 12.5. The van der Waals surface area contributed by atoms with Crippen molar-refractivity contribution in [2.24, 2.45) is 5.92 Å². The Morgan fingerprint density at radius 2 is 1.89 bits per heavy atom. The second kappa shape index (κ2) is 10.2. The maximum absolute atomic E-state index is 12.5. The van der Waals surface area contributed by atoms with E-state index in [1.807, 2.05) is 25.1 Å². The van der Waals surface area contributed by atoms with Gasteiger partial charge in [0, 0.05) is 11.1 Å². The fourth-order valence-electron chi connectivity index (χ4n) is 2.98. The molecular weight excluding hydrogens is 382 g/mol. The number of carbonyl (C=O) groups is 2. The molecule has 0 aliphatic rings. The maximum Gasteiger partial charge on any atom is 0.340 e. The molecule has 1 aromatic carbocycles. The van der Waals surface area contributed by atoms with E-state index in [9.17, 15) is 14.7 Å². The van der Waals surface area contributed by atoms with Gasteiger partial charge in [-0.25, -0.2) is 9.78 Å². The van der Waals surface area contributed by atoms with Crippen molar-refractivity contribution in [2.75, 3.05) is 13.7 Å². The quantitative estimate of drug-likeness (QED) is 0.523. The van der Waals surface area contributed by atoms with Gasteiger partial charge in [-0.1, -0.05) is 55.3 Å². The third kappa shape index (κ3) is 4.88. The van der Waals surface area contributed by atoms with Crippen LogP contribution in [0.2, 0.25) is 5.15 Å². The lowest BCUT2D eigenvalue weighted by Gasteiger charge is -2.22. The number of ether oxygens (including phenoxy) is 2. The zero-order valence-electron chi connectivity index (χ0n) is 16.1. The number of aliphatic hydroxyl groups excluding tert-OH is 1. The predicted molar refractivity (Wildman–Crippen MR) is 106 cm³/mol. The third-order valence-corrected chi connectivity index (χ3v) is 4.65.